The fourth-order valence-electron chi connectivity index (χ4n) is 3.70. The number of hydrogen-bond acceptors (Lipinski definition) is 7. The zero-order valence-electron chi connectivity index (χ0n) is 19.8. The molecule has 0 amide bonds. The highest BCUT2D eigenvalue weighted by Gasteiger charge is 2.18. The lowest BCUT2D eigenvalue weighted by Gasteiger charge is -2.26. The van der Waals surface area contributed by atoms with Crippen molar-refractivity contribution in [3.63, 3.8) is 0 Å². The van der Waals surface area contributed by atoms with Gasteiger partial charge in [-0.1, -0.05) is 11.6 Å². The molecule has 0 saturated carbocycles. The number of fused-ring (bicyclic) bond motifs is 1. The Morgan fingerprint density at radius 1 is 1.21 bits per heavy atom. The van der Waals surface area contributed by atoms with E-state index in [9.17, 15) is 8.78 Å². The molecule has 2 aromatic heterocycles. The topological polar surface area (TPSA) is 77.3 Å². The minimum absolute atomic E-state index is 0.0354. The van der Waals surface area contributed by atoms with Crippen molar-refractivity contribution in [1.29, 1.82) is 0 Å². The van der Waals surface area contributed by atoms with Gasteiger partial charge in [0.2, 0.25) is 0 Å². The van der Waals surface area contributed by atoms with Crippen LogP contribution >= 0.6 is 0 Å². The molecule has 1 aliphatic rings. The molecule has 1 aliphatic heterocycles. The van der Waals surface area contributed by atoms with Gasteiger partial charge in [0.1, 0.15) is 18.2 Å². The van der Waals surface area contributed by atoms with Gasteiger partial charge in [-0.3, -0.25) is 4.90 Å². The molecule has 182 valence electrons. The number of ether oxygens (including phenoxy) is 2. The number of aromatic nitrogens is 4. The molecular formula is C24H30F2N6O2. The molecular weight excluding hydrogens is 442 g/mol. The molecule has 4 rings (SSSR count). The Balaban J connectivity index is 1.61. The Morgan fingerprint density at radius 2 is 2.00 bits per heavy atom. The van der Waals surface area contributed by atoms with Crippen LogP contribution in [0.25, 0.3) is 11.2 Å². The Kier molecular flexibility index (Phi) is 7.69. The zero-order valence-corrected chi connectivity index (χ0v) is 19.8. The van der Waals surface area contributed by atoms with Crippen molar-refractivity contribution in [3.05, 3.63) is 52.9 Å². The van der Waals surface area contributed by atoms with E-state index in [4.69, 9.17) is 9.47 Å². The van der Waals surface area contributed by atoms with Gasteiger partial charge in [0.15, 0.2) is 17.0 Å². The highest BCUT2D eigenvalue weighted by Crippen LogP contribution is 2.24. The van der Waals surface area contributed by atoms with Gasteiger partial charge in [-0.15, -0.1) is 0 Å². The average molecular weight is 473 g/mol. The van der Waals surface area contributed by atoms with Crippen LogP contribution < -0.4 is 10.1 Å². The Bertz CT molecular complexity index is 1170. The van der Waals surface area contributed by atoms with Crippen molar-refractivity contribution in [3.8, 4) is 6.01 Å². The van der Waals surface area contributed by atoms with E-state index < -0.39 is 11.6 Å². The molecule has 1 aromatic carbocycles. The van der Waals surface area contributed by atoms with Crippen LogP contribution in [0.5, 0.6) is 6.01 Å². The van der Waals surface area contributed by atoms with Crippen LogP contribution in [0.4, 0.5) is 14.6 Å². The lowest BCUT2D eigenvalue weighted by Crippen LogP contribution is -2.39. The summed E-state index contributed by atoms with van der Waals surface area (Å²) in [7, 11) is 0. The van der Waals surface area contributed by atoms with Crippen LogP contribution in [0, 0.1) is 18.6 Å². The molecule has 3 heterocycles. The molecule has 0 radical (unpaired) electrons. The summed E-state index contributed by atoms with van der Waals surface area (Å²) in [6, 6.07) is 2.87. The van der Waals surface area contributed by atoms with Gasteiger partial charge in [-0.05, 0) is 38.5 Å². The van der Waals surface area contributed by atoms with Gasteiger partial charge in [-0.2, -0.15) is 9.97 Å². The quantitative estimate of drug-likeness (QED) is 0.477. The molecule has 0 bridgehead atoms. The first-order chi connectivity index (χ1) is 16.4. The number of nitrogens with one attached hydrogen (secondary N) is 1. The highest BCUT2D eigenvalue weighted by atomic mass is 19.1. The van der Waals surface area contributed by atoms with E-state index >= 15 is 0 Å². The van der Waals surface area contributed by atoms with E-state index in [0.29, 0.717) is 35.7 Å². The molecule has 0 aliphatic carbocycles. The monoisotopic (exact) mass is 472 g/mol. The second-order valence-corrected chi connectivity index (χ2v) is 8.53. The lowest BCUT2D eigenvalue weighted by molar-refractivity contribution is 0.0398. The van der Waals surface area contributed by atoms with Crippen molar-refractivity contribution < 1.29 is 18.3 Å². The van der Waals surface area contributed by atoms with E-state index in [1.165, 1.54) is 18.5 Å². The SMILES string of the molecule is CC(C)=CCOc1nc(NCCN2CCOCC2)c2ncn(Cc3c(F)ccc(C)c3F)c2n1. The van der Waals surface area contributed by atoms with Gasteiger partial charge >= 0.3 is 6.01 Å². The number of halogens is 2. The molecule has 10 heteroatoms. The summed E-state index contributed by atoms with van der Waals surface area (Å²) in [6.45, 7) is 10.5. The fraction of sp³-hybridized carbons (Fsp3) is 0.458. The molecule has 1 saturated heterocycles. The minimum Gasteiger partial charge on any atom is -0.459 e. The smallest absolute Gasteiger partial charge is 0.320 e. The number of benzene rings is 1. The standard InChI is InChI=1S/C24H30F2N6O2/c1-16(2)6-11-34-24-29-22(27-7-8-31-9-12-33-13-10-31)21-23(30-24)32(15-28-21)14-18-19(25)5-4-17(3)20(18)26/h4-6,15H,7-14H2,1-3H3,(H,27,29,30). The van der Waals surface area contributed by atoms with Crippen LogP contribution in [0.3, 0.4) is 0 Å². The van der Waals surface area contributed by atoms with Gasteiger partial charge in [0, 0.05) is 31.7 Å². The maximum absolute atomic E-state index is 14.6. The summed E-state index contributed by atoms with van der Waals surface area (Å²) < 4.78 is 41.8. The number of morpholine rings is 1. The van der Waals surface area contributed by atoms with Crippen molar-refractivity contribution >= 4 is 17.0 Å². The van der Waals surface area contributed by atoms with E-state index in [1.807, 2.05) is 19.9 Å². The second-order valence-electron chi connectivity index (χ2n) is 8.53. The minimum atomic E-state index is -0.608. The third-order valence-electron chi connectivity index (χ3n) is 5.68. The first-order valence-corrected chi connectivity index (χ1v) is 11.4. The number of aryl methyl sites for hydroxylation is 1. The first-order valence-electron chi connectivity index (χ1n) is 11.4. The summed E-state index contributed by atoms with van der Waals surface area (Å²) in [5.41, 5.74) is 2.42. The largest absolute Gasteiger partial charge is 0.459 e. The number of imidazole rings is 1. The van der Waals surface area contributed by atoms with Gasteiger partial charge in [-0.25, -0.2) is 13.8 Å². The normalized spacial score (nSPS) is 14.4. The molecule has 1 fully saturated rings. The van der Waals surface area contributed by atoms with Crippen LogP contribution in [-0.4, -0.2) is 70.4 Å². The van der Waals surface area contributed by atoms with Crippen molar-refractivity contribution in [1.82, 2.24) is 24.4 Å². The number of anilines is 1. The van der Waals surface area contributed by atoms with E-state index in [0.717, 1.165) is 38.4 Å². The summed E-state index contributed by atoms with van der Waals surface area (Å²) in [6.07, 6.45) is 3.45. The lowest BCUT2D eigenvalue weighted by atomic mass is 10.1. The van der Waals surface area contributed by atoms with Crippen LogP contribution in [0.15, 0.2) is 30.1 Å². The summed E-state index contributed by atoms with van der Waals surface area (Å²) >= 11 is 0. The Morgan fingerprint density at radius 3 is 2.76 bits per heavy atom. The average Bonchev–Trinajstić information content (AvgIpc) is 3.22. The number of nitrogens with zero attached hydrogens (tertiary/aromatic N) is 5. The van der Waals surface area contributed by atoms with Crippen LogP contribution in [0.2, 0.25) is 0 Å². The van der Waals surface area contributed by atoms with Gasteiger partial charge in [0.05, 0.1) is 26.1 Å². The third-order valence-corrected chi connectivity index (χ3v) is 5.68. The number of rotatable bonds is 9. The number of allylic oxidation sites excluding steroid dienone is 1. The number of hydrogen-bond donors (Lipinski definition) is 1. The van der Waals surface area contributed by atoms with E-state index in [-0.39, 0.29) is 18.1 Å². The maximum Gasteiger partial charge on any atom is 0.320 e. The van der Waals surface area contributed by atoms with Crippen molar-refractivity contribution in [2.75, 3.05) is 51.3 Å². The third kappa shape index (κ3) is 5.68. The predicted octanol–water partition coefficient (Wildman–Crippen LogP) is 3.55. The molecule has 1 N–H and O–H groups in total. The summed E-state index contributed by atoms with van der Waals surface area (Å²) in [5.74, 6) is -0.655. The van der Waals surface area contributed by atoms with Crippen LogP contribution in [0.1, 0.15) is 25.0 Å². The van der Waals surface area contributed by atoms with E-state index in [2.05, 4.69) is 25.2 Å². The first kappa shape index (κ1) is 24.0. The Hall–Kier alpha value is -3.11. The highest BCUT2D eigenvalue weighted by molar-refractivity contribution is 5.83. The second kappa shape index (κ2) is 10.9. The molecule has 0 unspecified atom stereocenters. The molecule has 8 nitrogen and oxygen atoms in total. The predicted molar refractivity (Wildman–Crippen MR) is 126 cm³/mol. The van der Waals surface area contributed by atoms with Gasteiger partial charge < -0.3 is 19.4 Å². The molecule has 34 heavy (non-hydrogen) atoms. The van der Waals surface area contributed by atoms with Crippen LogP contribution in [-0.2, 0) is 11.3 Å². The molecule has 0 atom stereocenters. The fourth-order valence-corrected chi connectivity index (χ4v) is 3.70. The summed E-state index contributed by atoms with van der Waals surface area (Å²) in [5, 5.41) is 3.33. The maximum atomic E-state index is 14.6. The summed E-state index contributed by atoms with van der Waals surface area (Å²) in [4.78, 5) is 15.8. The van der Waals surface area contributed by atoms with Crippen molar-refractivity contribution in [2.24, 2.45) is 0 Å². The molecule has 3 aromatic rings. The molecule has 0 spiro atoms. The van der Waals surface area contributed by atoms with E-state index in [1.54, 1.807) is 11.5 Å². The van der Waals surface area contributed by atoms with Crippen molar-refractivity contribution in [2.45, 2.75) is 27.3 Å². The zero-order chi connectivity index (χ0) is 24.1. The Labute approximate surface area is 197 Å². The van der Waals surface area contributed by atoms with Gasteiger partial charge in [0.25, 0.3) is 0 Å².